The SMILES string of the molecule is CO[C@@H](C)c1nc(CN2CCC(CC(=O)N3CCCC3)CC2)cs1. The molecule has 3 rings (SSSR count). The van der Waals surface area contributed by atoms with Crippen molar-refractivity contribution in [3.05, 3.63) is 16.1 Å². The lowest BCUT2D eigenvalue weighted by molar-refractivity contribution is -0.131. The fraction of sp³-hybridized carbons (Fsp3) is 0.778. The molecular formula is C18H29N3O2S. The van der Waals surface area contributed by atoms with Crippen LogP contribution in [-0.4, -0.2) is 54.0 Å². The number of likely N-dealkylation sites (tertiary alicyclic amines) is 2. The molecule has 134 valence electrons. The zero-order chi connectivity index (χ0) is 16.9. The summed E-state index contributed by atoms with van der Waals surface area (Å²) in [4.78, 5) is 21.5. The Balaban J connectivity index is 1.41. The molecule has 2 aliphatic rings. The maximum atomic E-state index is 12.3. The Morgan fingerprint density at radius 1 is 1.33 bits per heavy atom. The number of aromatic nitrogens is 1. The van der Waals surface area contributed by atoms with E-state index in [1.165, 1.54) is 12.8 Å². The molecule has 0 aromatic carbocycles. The number of carbonyl (C=O) groups excluding carboxylic acids is 1. The number of hydrogen-bond donors (Lipinski definition) is 0. The smallest absolute Gasteiger partial charge is 0.222 e. The second kappa shape index (κ2) is 8.41. The Morgan fingerprint density at radius 3 is 2.71 bits per heavy atom. The zero-order valence-electron chi connectivity index (χ0n) is 14.9. The van der Waals surface area contributed by atoms with Crippen LogP contribution in [0.25, 0.3) is 0 Å². The molecule has 0 spiro atoms. The number of hydrogen-bond acceptors (Lipinski definition) is 5. The first-order valence-corrected chi connectivity index (χ1v) is 10.0. The van der Waals surface area contributed by atoms with Gasteiger partial charge in [-0.25, -0.2) is 4.98 Å². The average Bonchev–Trinajstić information content (AvgIpc) is 3.27. The molecule has 5 nitrogen and oxygen atoms in total. The molecule has 2 fully saturated rings. The molecule has 0 radical (unpaired) electrons. The quantitative estimate of drug-likeness (QED) is 0.790. The van der Waals surface area contributed by atoms with Gasteiger partial charge in [-0.2, -0.15) is 0 Å². The highest BCUT2D eigenvalue weighted by atomic mass is 32.1. The van der Waals surface area contributed by atoms with Crippen LogP contribution >= 0.6 is 11.3 Å². The molecule has 1 aromatic rings. The molecule has 0 aliphatic carbocycles. The fourth-order valence-corrected chi connectivity index (χ4v) is 4.45. The van der Waals surface area contributed by atoms with E-state index >= 15 is 0 Å². The van der Waals surface area contributed by atoms with E-state index in [9.17, 15) is 4.79 Å². The molecule has 1 aromatic heterocycles. The molecule has 1 amide bonds. The van der Waals surface area contributed by atoms with Crippen molar-refractivity contribution < 1.29 is 9.53 Å². The van der Waals surface area contributed by atoms with E-state index in [1.807, 2.05) is 6.92 Å². The van der Waals surface area contributed by atoms with E-state index in [0.29, 0.717) is 11.8 Å². The molecule has 24 heavy (non-hydrogen) atoms. The lowest BCUT2D eigenvalue weighted by Crippen LogP contribution is -2.36. The number of amides is 1. The van der Waals surface area contributed by atoms with Gasteiger partial charge < -0.3 is 9.64 Å². The van der Waals surface area contributed by atoms with Crippen LogP contribution in [0.5, 0.6) is 0 Å². The highest BCUT2D eigenvalue weighted by Gasteiger charge is 2.25. The molecule has 0 saturated carbocycles. The molecule has 3 heterocycles. The minimum Gasteiger partial charge on any atom is -0.375 e. The van der Waals surface area contributed by atoms with Gasteiger partial charge in [0.15, 0.2) is 0 Å². The van der Waals surface area contributed by atoms with Crippen molar-refractivity contribution in [2.24, 2.45) is 5.92 Å². The molecule has 6 heteroatoms. The monoisotopic (exact) mass is 351 g/mol. The van der Waals surface area contributed by atoms with Crippen LogP contribution in [0.15, 0.2) is 5.38 Å². The normalized spacial score (nSPS) is 21.3. The minimum atomic E-state index is 0.0751. The van der Waals surface area contributed by atoms with Crippen molar-refractivity contribution in [1.82, 2.24) is 14.8 Å². The molecule has 1 atom stereocenters. The number of carbonyl (C=O) groups is 1. The van der Waals surface area contributed by atoms with Gasteiger partial charge in [0.05, 0.1) is 5.69 Å². The van der Waals surface area contributed by atoms with Gasteiger partial charge in [0.25, 0.3) is 0 Å². The molecule has 2 aliphatic heterocycles. The van der Waals surface area contributed by atoms with Gasteiger partial charge in [0, 0.05) is 38.5 Å². The van der Waals surface area contributed by atoms with Gasteiger partial charge in [-0.1, -0.05) is 0 Å². The molecule has 0 unspecified atom stereocenters. The van der Waals surface area contributed by atoms with Crippen LogP contribution in [0.2, 0.25) is 0 Å². The number of piperidine rings is 1. The Kier molecular flexibility index (Phi) is 6.25. The predicted octanol–water partition coefficient (Wildman–Crippen LogP) is 3.08. The summed E-state index contributed by atoms with van der Waals surface area (Å²) in [7, 11) is 1.72. The van der Waals surface area contributed by atoms with Gasteiger partial charge in [0.2, 0.25) is 5.91 Å². The third-order valence-corrected chi connectivity index (χ3v) is 6.34. The summed E-state index contributed by atoms with van der Waals surface area (Å²) in [6, 6.07) is 0. The van der Waals surface area contributed by atoms with Crippen molar-refractivity contribution in [3.63, 3.8) is 0 Å². The van der Waals surface area contributed by atoms with Crippen molar-refractivity contribution in [1.29, 1.82) is 0 Å². The molecule has 2 saturated heterocycles. The number of rotatable bonds is 6. The Hall–Kier alpha value is -0.980. The zero-order valence-corrected chi connectivity index (χ0v) is 15.7. The summed E-state index contributed by atoms with van der Waals surface area (Å²) in [5, 5.41) is 3.20. The maximum Gasteiger partial charge on any atom is 0.222 e. The third kappa shape index (κ3) is 4.55. The third-order valence-electron chi connectivity index (χ3n) is 5.29. The van der Waals surface area contributed by atoms with Crippen molar-refractivity contribution >= 4 is 17.2 Å². The van der Waals surface area contributed by atoms with Crippen LogP contribution in [0.4, 0.5) is 0 Å². The summed E-state index contributed by atoms with van der Waals surface area (Å²) in [5.74, 6) is 0.942. The standard InChI is InChI=1S/C18H29N3O2S/c1-14(23-2)18-19-16(13-24-18)12-20-9-5-15(6-10-20)11-17(22)21-7-3-4-8-21/h13-15H,3-12H2,1-2H3/t14-/m0/s1. The predicted molar refractivity (Wildman–Crippen MR) is 96.0 cm³/mol. The van der Waals surface area contributed by atoms with Crippen molar-refractivity contribution in [2.45, 2.75) is 51.7 Å². The van der Waals surface area contributed by atoms with E-state index in [1.54, 1.807) is 18.4 Å². The van der Waals surface area contributed by atoms with Crippen LogP contribution in [0.3, 0.4) is 0 Å². The van der Waals surface area contributed by atoms with Gasteiger partial charge >= 0.3 is 0 Å². The van der Waals surface area contributed by atoms with Crippen molar-refractivity contribution in [3.8, 4) is 0 Å². The van der Waals surface area contributed by atoms with Crippen LogP contribution in [0, 0.1) is 5.92 Å². The van der Waals surface area contributed by atoms with Crippen molar-refractivity contribution in [2.75, 3.05) is 33.3 Å². The number of thiazole rings is 1. The second-order valence-corrected chi connectivity index (χ2v) is 7.96. The first-order valence-electron chi connectivity index (χ1n) is 9.13. The van der Waals surface area contributed by atoms with E-state index in [0.717, 1.165) is 62.7 Å². The van der Waals surface area contributed by atoms with E-state index < -0.39 is 0 Å². The summed E-state index contributed by atoms with van der Waals surface area (Å²) < 4.78 is 5.33. The number of nitrogens with zero attached hydrogens (tertiary/aromatic N) is 3. The van der Waals surface area contributed by atoms with E-state index in [2.05, 4.69) is 20.2 Å². The maximum absolute atomic E-state index is 12.3. The van der Waals surface area contributed by atoms with Gasteiger partial charge in [-0.3, -0.25) is 9.69 Å². The van der Waals surface area contributed by atoms with E-state index in [4.69, 9.17) is 4.74 Å². The Morgan fingerprint density at radius 2 is 2.04 bits per heavy atom. The lowest BCUT2D eigenvalue weighted by atomic mass is 9.93. The lowest BCUT2D eigenvalue weighted by Gasteiger charge is -2.32. The highest BCUT2D eigenvalue weighted by Crippen LogP contribution is 2.25. The molecular weight excluding hydrogens is 322 g/mol. The summed E-state index contributed by atoms with van der Waals surface area (Å²) in [5.41, 5.74) is 1.14. The van der Waals surface area contributed by atoms with Gasteiger partial charge in [0.1, 0.15) is 11.1 Å². The average molecular weight is 352 g/mol. The first kappa shape index (κ1) is 17.8. The second-order valence-electron chi connectivity index (χ2n) is 7.07. The number of ether oxygens (including phenoxy) is 1. The summed E-state index contributed by atoms with van der Waals surface area (Å²) in [6.45, 7) is 7.05. The van der Waals surface area contributed by atoms with E-state index in [-0.39, 0.29) is 6.10 Å². The summed E-state index contributed by atoms with van der Waals surface area (Å²) in [6.07, 6.45) is 5.45. The minimum absolute atomic E-state index is 0.0751. The fourth-order valence-electron chi connectivity index (χ4n) is 3.60. The first-order chi connectivity index (χ1) is 11.7. The van der Waals surface area contributed by atoms with Gasteiger partial charge in [-0.15, -0.1) is 11.3 Å². The number of methoxy groups -OCH3 is 1. The van der Waals surface area contributed by atoms with Crippen LogP contribution < -0.4 is 0 Å². The van der Waals surface area contributed by atoms with Crippen LogP contribution in [-0.2, 0) is 16.1 Å². The Labute approximate surface area is 149 Å². The molecule has 0 bridgehead atoms. The van der Waals surface area contributed by atoms with Gasteiger partial charge in [-0.05, 0) is 51.6 Å². The topological polar surface area (TPSA) is 45.7 Å². The summed E-state index contributed by atoms with van der Waals surface area (Å²) >= 11 is 1.68. The highest BCUT2D eigenvalue weighted by molar-refractivity contribution is 7.09. The Bertz CT molecular complexity index is 534. The largest absolute Gasteiger partial charge is 0.375 e. The van der Waals surface area contributed by atoms with Crippen LogP contribution in [0.1, 0.15) is 55.8 Å². The molecule has 0 N–H and O–H groups in total.